The second-order valence-corrected chi connectivity index (χ2v) is 5.97. The predicted octanol–water partition coefficient (Wildman–Crippen LogP) is 2.78. The minimum absolute atomic E-state index is 0.238. The van der Waals surface area contributed by atoms with E-state index >= 15 is 0 Å². The number of ether oxygens (including phenoxy) is 1. The lowest BCUT2D eigenvalue weighted by Crippen LogP contribution is -2.59. The molecule has 19 heavy (non-hydrogen) atoms. The Morgan fingerprint density at radius 2 is 1.89 bits per heavy atom. The van der Waals surface area contributed by atoms with Gasteiger partial charge in [0.1, 0.15) is 11.4 Å². The first-order valence-corrected chi connectivity index (χ1v) is 6.98. The van der Waals surface area contributed by atoms with E-state index in [9.17, 15) is 5.11 Å². The van der Waals surface area contributed by atoms with Crippen molar-refractivity contribution in [2.45, 2.75) is 43.7 Å². The molecule has 0 radical (unpaired) electrons. The number of nitrogens with zero attached hydrogens (tertiary/aromatic N) is 1. The van der Waals surface area contributed by atoms with Crippen molar-refractivity contribution < 1.29 is 9.84 Å². The Labute approximate surface area is 116 Å². The first-order valence-electron chi connectivity index (χ1n) is 6.98. The van der Waals surface area contributed by atoms with Crippen molar-refractivity contribution in [3.05, 3.63) is 29.8 Å². The van der Waals surface area contributed by atoms with Crippen LogP contribution in [0.15, 0.2) is 24.3 Å². The molecule has 0 aliphatic heterocycles. The maximum absolute atomic E-state index is 11.4. The monoisotopic (exact) mass is 263 g/mol. The van der Waals surface area contributed by atoms with E-state index in [1.807, 2.05) is 24.3 Å². The van der Waals surface area contributed by atoms with E-state index in [1.54, 1.807) is 7.11 Å². The molecule has 1 aromatic rings. The number of hydrogen-bond acceptors (Lipinski definition) is 3. The summed E-state index contributed by atoms with van der Waals surface area (Å²) in [7, 11) is 5.77. The highest BCUT2D eigenvalue weighted by molar-refractivity contribution is 5.35. The standard InChI is InChI=1S/C16H25NO2/c1-15(17(2)3)10-5-6-11-16(15,18)13-8-7-9-14(12-13)19-4/h7-9,12,18H,5-6,10-11H2,1-4H3/t15?,16-/m0/s1. The molecule has 1 aliphatic rings. The van der Waals surface area contributed by atoms with Gasteiger partial charge in [0.2, 0.25) is 0 Å². The maximum Gasteiger partial charge on any atom is 0.119 e. The van der Waals surface area contributed by atoms with Crippen LogP contribution < -0.4 is 4.74 Å². The van der Waals surface area contributed by atoms with Crippen molar-refractivity contribution in [3.63, 3.8) is 0 Å². The summed E-state index contributed by atoms with van der Waals surface area (Å²) in [6, 6.07) is 7.85. The van der Waals surface area contributed by atoms with Gasteiger partial charge >= 0.3 is 0 Å². The van der Waals surface area contributed by atoms with E-state index in [0.29, 0.717) is 0 Å². The van der Waals surface area contributed by atoms with Crippen LogP contribution in [0.4, 0.5) is 0 Å². The average molecular weight is 263 g/mol. The first-order chi connectivity index (χ1) is 8.94. The summed E-state index contributed by atoms with van der Waals surface area (Å²) in [5.74, 6) is 0.803. The number of rotatable bonds is 3. The average Bonchev–Trinajstić information content (AvgIpc) is 2.42. The van der Waals surface area contributed by atoms with Gasteiger partial charge in [-0.2, -0.15) is 0 Å². The molecule has 0 saturated heterocycles. The fourth-order valence-electron chi connectivity index (χ4n) is 3.26. The number of aliphatic hydroxyl groups is 1. The van der Waals surface area contributed by atoms with Gasteiger partial charge in [-0.25, -0.2) is 0 Å². The van der Waals surface area contributed by atoms with Crippen LogP contribution in [0.5, 0.6) is 5.75 Å². The molecule has 1 N–H and O–H groups in total. The molecule has 2 rings (SSSR count). The van der Waals surface area contributed by atoms with E-state index in [0.717, 1.165) is 30.6 Å². The molecule has 1 saturated carbocycles. The molecule has 0 aromatic heterocycles. The van der Waals surface area contributed by atoms with Crippen molar-refractivity contribution >= 4 is 0 Å². The molecule has 2 atom stereocenters. The molecule has 0 bridgehead atoms. The second kappa shape index (κ2) is 5.14. The maximum atomic E-state index is 11.4. The van der Waals surface area contributed by atoms with Gasteiger partial charge in [0.25, 0.3) is 0 Å². The van der Waals surface area contributed by atoms with Crippen LogP contribution in [0.3, 0.4) is 0 Å². The lowest BCUT2D eigenvalue weighted by molar-refractivity contribution is -0.123. The lowest BCUT2D eigenvalue weighted by Gasteiger charge is -2.52. The number of hydrogen-bond donors (Lipinski definition) is 1. The van der Waals surface area contributed by atoms with Gasteiger partial charge in [-0.1, -0.05) is 25.0 Å². The van der Waals surface area contributed by atoms with Crippen molar-refractivity contribution in [1.29, 1.82) is 0 Å². The van der Waals surface area contributed by atoms with Crippen molar-refractivity contribution in [2.75, 3.05) is 21.2 Å². The smallest absolute Gasteiger partial charge is 0.119 e. The van der Waals surface area contributed by atoms with E-state index in [1.165, 1.54) is 6.42 Å². The third-order valence-corrected chi connectivity index (χ3v) is 4.88. The Kier molecular flexibility index (Phi) is 3.88. The zero-order valence-corrected chi connectivity index (χ0v) is 12.4. The van der Waals surface area contributed by atoms with Crippen LogP contribution in [-0.4, -0.2) is 36.8 Å². The normalized spacial score (nSPS) is 31.5. The molecular formula is C16H25NO2. The van der Waals surface area contributed by atoms with Crippen LogP contribution in [0, 0.1) is 0 Å². The van der Waals surface area contributed by atoms with Crippen LogP contribution in [0.1, 0.15) is 38.2 Å². The van der Waals surface area contributed by atoms with Gasteiger partial charge < -0.3 is 14.7 Å². The zero-order valence-electron chi connectivity index (χ0n) is 12.4. The SMILES string of the molecule is COc1cccc([C@@]2(O)CCCCC2(C)N(C)C)c1. The summed E-state index contributed by atoms with van der Waals surface area (Å²) in [5.41, 5.74) is -0.0938. The van der Waals surface area contributed by atoms with Crippen LogP contribution in [0.25, 0.3) is 0 Å². The summed E-state index contributed by atoms with van der Waals surface area (Å²) in [6.45, 7) is 2.16. The minimum Gasteiger partial charge on any atom is -0.497 e. The van der Waals surface area contributed by atoms with Crippen molar-refractivity contribution in [1.82, 2.24) is 4.90 Å². The fourth-order valence-corrected chi connectivity index (χ4v) is 3.26. The Hall–Kier alpha value is -1.06. The van der Waals surface area contributed by atoms with E-state index in [-0.39, 0.29) is 5.54 Å². The molecule has 1 aromatic carbocycles. The third kappa shape index (κ3) is 2.26. The summed E-state index contributed by atoms with van der Waals surface area (Å²) >= 11 is 0. The number of likely N-dealkylation sites (N-methyl/N-ethyl adjacent to an activating group) is 1. The minimum atomic E-state index is -0.816. The molecule has 0 amide bonds. The van der Waals surface area contributed by atoms with E-state index in [4.69, 9.17) is 4.74 Å². The molecule has 3 nitrogen and oxygen atoms in total. The van der Waals surface area contributed by atoms with Crippen LogP contribution >= 0.6 is 0 Å². The number of methoxy groups -OCH3 is 1. The first kappa shape index (κ1) is 14.4. The Morgan fingerprint density at radius 1 is 1.21 bits per heavy atom. The molecule has 3 heteroatoms. The Balaban J connectivity index is 2.47. The highest BCUT2D eigenvalue weighted by Crippen LogP contribution is 2.47. The fraction of sp³-hybridized carbons (Fsp3) is 0.625. The third-order valence-electron chi connectivity index (χ3n) is 4.88. The Morgan fingerprint density at radius 3 is 2.53 bits per heavy atom. The highest BCUT2D eigenvalue weighted by Gasteiger charge is 2.51. The van der Waals surface area contributed by atoms with Crippen LogP contribution in [-0.2, 0) is 5.60 Å². The largest absolute Gasteiger partial charge is 0.497 e. The van der Waals surface area contributed by atoms with Crippen LogP contribution in [0.2, 0.25) is 0 Å². The second-order valence-electron chi connectivity index (χ2n) is 5.97. The van der Waals surface area contributed by atoms with E-state index in [2.05, 4.69) is 25.9 Å². The van der Waals surface area contributed by atoms with E-state index < -0.39 is 5.60 Å². The lowest BCUT2D eigenvalue weighted by atomic mass is 9.66. The summed E-state index contributed by atoms with van der Waals surface area (Å²) in [4.78, 5) is 2.16. The summed E-state index contributed by atoms with van der Waals surface area (Å²) in [5, 5.41) is 11.4. The summed E-state index contributed by atoms with van der Waals surface area (Å²) in [6.07, 6.45) is 4.04. The topological polar surface area (TPSA) is 32.7 Å². The molecular weight excluding hydrogens is 238 g/mol. The number of benzene rings is 1. The molecule has 1 fully saturated rings. The zero-order chi connectivity index (χ0) is 14.1. The molecule has 106 valence electrons. The molecule has 0 spiro atoms. The van der Waals surface area contributed by atoms with Crippen molar-refractivity contribution in [2.24, 2.45) is 0 Å². The molecule has 1 aliphatic carbocycles. The molecule has 0 heterocycles. The van der Waals surface area contributed by atoms with Gasteiger partial charge in [0.15, 0.2) is 0 Å². The highest BCUT2D eigenvalue weighted by atomic mass is 16.5. The van der Waals surface area contributed by atoms with Gasteiger partial charge in [-0.15, -0.1) is 0 Å². The van der Waals surface area contributed by atoms with Gasteiger partial charge in [-0.3, -0.25) is 0 Å². The van der Waals surface area contributed by atoms with Gasteiger partial charge in [-0.05, 0) is 51.6 Å². The van der Waals surface area contributed by atoms with Gasteiger partial charge in [0.05, 0.1) is 12.6 Å². The predicted molar refractivity (Wildman–Crippen MR) is 77.5 cm³/mol. The Bertz CT molecular complexity index is 446. The molecule has 1 unspecified atom stereocenters. The van der Waals surface area contributed by atoms with Crippen molar-refractivity contribution in [3.8, 4) is 5.75 Å². The van der Waals surface area contributed by atoms with Gasteiger partial charge in [0, 0.05) is 0 Å². The quantitative estimate of drug-likeness (QED) is 0.910. The summed E-state index contributed by atoms with van der Waals surface area (Å²) < 4.78 is 5.29.